The van der Waals surface area contributed by atoms with E-state index in [-0.39, 0.29) is 6.04 Å². The van der Waals surface area contributed by atoms with Crippen LogP contribution in [0.1, 0.15) is 37.0 Å². The van der Waals surface area contributed by atoms with Gasteiger partial charge in [0.05, 0.1) is 0 Å². The lowest BCUT2D eigenvalue weighted by Gasteiger charge is -2.16. The number of aryl methyl sites for hydroxylation is 2. The predicted molar refractivity (Wildman–Crippen MR) is 86.4 cm³/mol. The van der Waals surface area contributed by atoms with Crippen molar-refractivity contribution < 1.29 is 0 Å². The molecule has 106 valence electrons. The summed E-state index contributed by atoms with van der Waals surface area (Å²) < 4.78 is 0. The molecule has 1 heterocycles. The summed E-state index contributed by atoms with van der Waals surface area (Å²) in [4.78, 5) is 10.0. The fourth-order valence-electron chi connectivity index (χ4n) is 2.12. The predicted octanol–water partition coefficient (Wildman–Crippen LogP) is 4.38. The third-order valence-electron chi connectivity index (χ3n) is 3.02. The maximum absolute atomic E-state index is 4.42. The minimum Gasteiger partial charge on any atom is -0.363 e. The van der Waals surface area contributed by atoms with Crippen LogP contribution in [0, 0.1) is 13.8 Å². The summed E-state index contributed by atoms with van der Waals surface area (Å²) in [5, 5.41) is 3.43. The zero-order valence-electron chi connectivity index (χ0n) is 12.5. The molecule has 1 unspecified atom stereocenters. The zero-order valence-corrected chi connectivity index (χ0v) is 13.3. The average Bonchev–Trinajstić information content (AvgIpc) is 2.38. The Balaban J connectivity index is 2.08. The number of rotatable bonds is 5. The Hall–Kier alpha value is -1.55. The molecule has 1 aromatic carbocycles. The number of hydrogen-bond acceptors (Lipinski definition) is 4. The van der Waals surface area contributed by atoms with Crippen LogP contribution in [0.3, 0.4) is 0 Å². The molecule has 4 heteroatoms. The molecule has 2 aromatic rings. The van der Waals surface area contributed by atoms with E-state index >= 15 is 0 Å². The fourth-order valence-corrected chi connectivity index (χ4v) is 2.78. The summed E-state index contributed by atoms with van der Waals surface area (Å²) in [5.74, 6) is 2.79. The highest BCUT2D eigenvalue weighted by molar-refractivity contribution is 7.99. The van der Waals surface area contributed by atoms with Crippen LogP contribution in [0.5, 0.6) is 0 Å². The molecule has 0 aliphatic carbocycles. The number of thioether (sulfide) groups is 1. The standard InChI is InChI=1S/C16H21N3S/c1-5-20-15-8-6-14(7-9-15)12(3)18-16-10-11(2)17-13(4)19-16/h6-10,12H,5H2,1-4H3,(H,17,18,19). The number of nitrogens with one attached hydrogen (secondary N) is 1. The molecule has 0 aliphatic rings. The Labute approximate surface area is 125 Å². The quantitative estimate of drug-likeness (QED) is 0.828. The number of benzene rings is 1. The van der Waals surface area contributed by atoms with Gasteiger partial charge in [0.15, 0.2) is 0 Å². The van der Waals surface area contributed by atoms with E-state index in [1.165, 1.54) is 10.5 Å². The molecule has 0 fully saturated rings. The molecule has 1 aromatic heterocycles. The van der Waals surface area contributed by atoms with Crippen LogP contribution in [-0.4, -0.2) is 15.7 Å². The van der Waals surface area contributed by atoms with Gasteiger partial charge in [-0.3, -0.25) is 0 Å². The molecule has 20 heavy (non-hydrogen) atoms. The van der Waals surface area contributed by atoms with Gasteiger partial charge in [-0.25, -0.2) is 9.97 Å². The van der Waals surface area contributed by atoms with Crippen molar-refractivity contribution in [2.45, 2.75) is 38.6 Å². The Bertz CT molecular complexity index is 546. The number of anilines is 1. The Morgan fingerprint density at radius 3 is 2.45 bits per heavy atom. The zero-order chi connectivity index (χ0) is 14.5. The van der Waals surface area contributed by atoms with Crippen molar-refractivity contribution in [3.8, 4) is 0 Å². The summed E-state index contributed by atoms with van der Waals surface area (Å²) >= 11 is 1.86. The molecule has 0 aliphatic heterocycles. The highest BCUT2D eigenvalue weighted by Gasteiger charge is 2.07. The third-order valence-corrected chi connectivity index (χ3v) is 3.92. The van der Waals surface area contributed by atoms with E-state index in [2.05, 4.69) is 53.4 Å². The normalized spacial score (nSPS) is 12.2. The van der Waals surface area contributed by atoms with Gasteiger partial charge in [-0.05, 0) is 44.2 Å². The van der Waals surface area contributed by atoms with E-state index in [0.29, 0.717) is 0 Å². The number of hydrogen-bond donors (Lipinski definition) is 1. The second-order valence-electron chi connectivity index (χ2n) is 4.81. The van der Waals surface area contributed by atoms with E-state index in [4.69, 9.17) is 0 Å². The summed E-state index contributed by atoms with van der Waals surface area (Å²) in [6.45, 7) is 8.22. The molecule has 2 rings (SSSR count). The highest BCUT2D eigenvalue weighted by Crippen LogP contribution is 2.22. The van der Waals surface area contributed by atoms with Crippen LogP contribution >= 0.6 is 11.8 Å². The van der Waals surface area contributed by atoms with Crippen molar-refractivity contribution in [2.75, 3.05) is 11.1 Å². The first-order chi connectivity index (χ1) is 9.58. The smallest absolute Gasteiger partial charge is 0.130 e. The van der Waals surface area contributed by atoms with Crippen molar-refractivity contribution in [3.05, 3.63) is 47.4 Å². The molecular weight excluding hydrogens is 266 g/mol. The summed E-state index contributed by atoms with van der Waals surface area (Å²) in [7, 11) is 0. The molecule has 0 spiro atoms. The lowest BCUT2D eigenvalue weighted by molar-refractivity contribution is 0.862. The van der Waals surface area contributed by atoms with Gasteiger partial charge in [-0.15, -0.1) is 11.8 Å². The lowest BCUT2D eigenvalue weighted by Crippen LogP contribution is -2.09. The van der Waals surface area contributed by atoms with Gasteiger partial charge in [0.25, 0.3) is 0 Å². The summed E-state index contributed by atoms with van der Waals surface area (Å²) in [5.41, 5.74) is 2.25. The van der Waals surface area contributed by atoms with E-state index in [0.717, 1.165) is 23.1 Å². The molecule has 0 radical (unpaired) electrons. The second kappa shape index (κ2) is 6.75. The Kier molecular flexibility index (Phi) is 5.01. The van der Waals surface area contributed by atoms with Gasteiger partial charge in [0, 0.05) is 22.7 Å². The maximum atomic E-state index is 4.42. The van der Waals surface area contributed by atoms with Crippen molar-refractivity contribution in [1.82, 2.24) is 9.97 Å². The molecule has 0 saturated carbocycles. The van der Waals surface area contributed by atoms with Gasteiger partial charge >= 0.3 is 0 Å². The first-order valence-corrected chi connectivity index (χ1v) is 7.88. The molecular formula is C16H21N3S. The maximum Gasteiger partial charge on any atom is 0.130 e. The number of aromatic nitrogens is 2. The minimum atomic E-state index is 0.226. The van der Waals surface area contributed by atoms with Gasteiger partial charge in [0.1, 0.15) is 11.6 Å². The molecule has 0 saturated heterocycles. The van der Waals surface area contributed by atoms with Crippen molar-refractivity contribution >= 4 is 17.6 Å². The molecule has 1 N–H and O–H groups in total. The fraction of sp³-hybridized carbons (Fsp3) is 0.375. The SMILES string of the molecule is CCSc1ccc(C(C)Nc2cc(C)nc(C)n2)cc1. The molecule has 3 nitrogen and oxygen atoms in total. The Morgan fingerprint density at radius 1 is 1.15 bits per heavy atom. The first kappa shape index (κ1) is 14.9. The number of nitrogens with zero attached hydrogens (tertiary/aromatic N) is 2. The average molecular weight is 287 g/mol. The Morgan fingerprint density at radius 2 is 1.85 bits per heavy atom. The summed E-state index contributed by atoms with van der Waals surface area (Å²) in [6, 6.07) is 10.9. The van der Waals surface area contributed by atoms with Crippen LogP contribution in [0.2, 0.25) is 0 Å². The second-order valence-corrected chi connectivity index (χ2v) is 6.15. The van der Waals surface area contributed by atoms with E-state index < -0.39 is 0 Å². The lowest BCUT2D eigenvalue weighted by atomic mass is 10.1. The summed E-state index contributed by atoms with van der Waals surface area (Å²) in [6.07, 6.45) is 0. The largest absolute Gasteiger partial charge is 0.363 e. The molecule has 0 bridgehead atoms. The molecule has 0 amide bonds. The van der Waals surface area contributed by atoms with Gasteiger partial charge < -0.3 is 5.32 Å². The first-order valence-electron chi connectivity index (χ1n) is 6.90. The van der Waals surface area contributed by atoms with Crippen LogP contribution in [0.25, 0.3) is 0 Å². The van der Waals surface area contributed by atoms with Crippen LogP contribution in [-0.2, 0) is 0 Å². The van der Waals surface area contributed by atoms with Crippen molar-refractivity contribution in [3.63, 3.8) is 0 Å². The van der Waals surface area contributed by atoms with Gasteiger partial charge in [0.2, 0.25) is 0 Å². The van der Waals surface area contributed by atoms with E-state index in [1.54, 1.807) is 0 Å². The van der Waals surface area contributed by atoms with Crippen molar-refractivity contribution in [1.29, 1.82) is 0 Å². The van der Waals surface area contributed by atoms with Crippen LogP contribution < -0.4 is 5.32 Å². The minimum absolute atomic E-state index is 0.226. The van der Waals surface area contributed by atoms with E-state index in [9.17, 15) is 0 Å². The third kappa shape index (κ3) is 3.97. The van der Waals surface area contributed by atoms with E-state index in [1.807, 2.05) is 31.7 Å². The van der Waals surface area contributed by atoms with Gasteiger partial charge in [-0.1, -0.05) is 19.1 Å². The monoisotopic (exact) mass is 287 g/mol. The molecule has 1 atom stereocenters. The van der Waals surface area contributed by atoms with Crippen LogP contribution in [0.4, 0.5) is 5.82 Å². The van der Waals surface area contributed by atoms with Crippen molar-refractivity contribution in [2.24, 2.45) is 0 Å². The highest BCUT2D eigenvalue weighted by atomic mass is 32.2. The topological polar surface area (TPSA) is 37.8 Å². The van der Waals surface area contributed by atoms with Gasteiger partial charge in [-0.2, -0.15) is 0 Å². The van der Waals surface area contributed by atoms with Crippen LogP contribution in [0.15, 0.2) is 35.2 Å².